The molecule has 140 valence electrons. The number of hydrogen-bond acceptors (Lipinski definition) is 6. The van der Waals surface area contributed by atoms with Gasteiger partial charge in [-0.15, -0.1) is 0 Å². The molecule has 0 saturated carbocycles. The lowest BCUT2D eigenvalue weighted by Gasteiger charge is -2.06. The zero-order valence-corrected chi connectivity index (χ0v) is 14.9. The number of nitro groups is 1. The predicted octanol–water partition coefficient (Wildman–Crippen LogP) is 2.62. The highest BCUT2D eigenvalue weighted by molar-refractivity contribution is 6.06. The molecule has 27 heavy (non-hydrogen) atoms. The number of amides is 2. The van der Waals surface area contributed by atoms with Gasteiger partial charge in [0.25, 0.3) is 11.6 Å². The second-order valence-electron chi connectivity index (χ2n) is 5.95. The maximum Gasteiger partial charge on any atom is 0.272 e. The quantitative estimate of drug-likeness (QED) is 0.311. The summed E-state index contributed by atoms with van der Waals surface area (Å²) in [6.07, 6.45) is -0.0226. The van der Waals surface area contributed by atoms with E-state index in [2.05, 4.69) is 15.8 Å². The van der Waals surface area contributed by atoms with Gasteiger partial charge in [0.1, 0.15) is 0 Å². The first kappa shape index (κ1) is 19.6. The molecule has 0 spiro atoms. The molecule has 0 aromatic heterocycles. The molecular weight excluding hydrogens is 350 g/mol. The summed E-state index contributed by atoms with van der Waals surface area (Å²) in [6, 6.07) is 10.9. The van der Waals surface area contributed by atoms with E-state index in [9.17, 15) is 19.7 Å². The van der Waals surface area contributed by atoms with E-state index in [1.807, 2.05) is 19.1 Å². The van der Waals surface area contributed by atoms with Gasteiger partial charge >= 0.3 is 0 Å². The highest BCUT2D eigenvalue weighted by Crippen LogP contribution is 2.18. The number of nitro benzene ring substituents is 1. The summed E-state index contributed by atoms with van der Waals surface area (Å²) in [7, 11) is 0. The van der Waals surface area contributed by atoms with Crippen LogP contribution in [0.2, 0.25) is 0 Å². The largest absolute Gasteiger partial charge is 0.399 e. The number of nitrogen functional groups attached to an aromatic ring is 1. The topological polar surface area (TPSA) is 140 Å². The Bertz CT molecular complexity index is 906. The van der Waals surface area contributed by atoms with Crippen LogP contribution in [0.3, 0.4) is 0 Å². The third-order valence-electron chi connectivity index (χ3n) is 3.51. The van der Waals surface area contributed by atoms with E-state index >= 15 is 0 Å². The minimum absolute atomic E-state index is 0.00218. The smallest absolute Gasteiger partial charge is 0.272 e. The minimum atomic E-state index is -0.663. The monoisotopic (exact) mass is 369 g/mol. The molecule has 0 heterocycles. The molecule has 4 N–H and O–H groups in total. The van der Waals surface area contributed by atoms with Crippen molar-refractivity contribution in [1.82, 2.24) is 5.43 Å². The average Bonchev–Trinajstić information content (AvgIpc) is 2.61. The summed E-state index contributed by atoms with van der Waals surface area (Å²) >= 11 is 0. The van der Waals surface area contributed by atoms with Gasteiger partial charge in [-0.25, -0.2) is 5.43 Å². The van der Waals surface area contributed by atoms with Crippen molar-refractivity contribution in [3.05, 3.63) is 63.7 Å². The van der Waals surface area contributed by atoms with Crippen molar-refractivity contribution in [3.63, 3.8) is 0 Å². The van der Waals surface area contributed by atoms with Gasteiger partial charge in [-0.2, -0.15) is 5.10 Å². The van der Waals surface area contributed by atoms with Gasteiger partial charge in [0.2, 0.25) is 5.91 Å². The summed E-state index contributed by atoms with van der Waals surface area (Å²) in [5.74, 6) is -0.947. The van der Waals surface area contributed by atoms with Crippen molar-refractivity contribution in [2.45, 2.75) is 20.3 Å². The maximum absolute atomic E-state index is 12.1. The van der Waals surface area contributed by atoms with Crippen molar-refractivity contribution < 1.29 is 14.5 Å². The van der Waals surface area contributed by atoms with Gasteiger partial charge in [0.05, 0.1) is 16.9 Å². The van der Waals surface area contributed by atoms with Crippen LogP contribution in [0.1, 0.15) is 29.3 Å². The normalized spacial score (nSPS) is 11.0. The Labute approximate surface area is 155 Å². The Morgan fingerprint density at radius 3 is 2.48 bits per heavy atom. The number of carbonyl (C=O) groups is 2. The molecule has 0 unspecified atom stereocenters. The lowest BCUT2D eigenvalue weighted by molar-refractivity contribution is -0.384. The fraction of sp³-hybridized carbons (Fsp3) is 0.167. The number of nitrogens with one attached hydrogen (secondary N) is 2. The number of hydrazone groups is 1. The first-order valence-corrected chi connectivity index (χ1v) is 7.99. The van der Waals surface area contributed by atoms with Gasteiger partial charge in [0.15, 0.2) is 0 Å². The van der Waals surface area contributed by atoms with Crippen molar-refractivity contribution in [2.24, 2.45) is 5.10 Å². The number of benzene rings is 2. The predicted molar refractivity (Wildman–Crippen MR) is 103 cm³/mol. The molecule has 0 fully saturated rings. The van der Waals surface area contributed by atoms with E-state index in [1.165, 1.54) is 6.07 Å². The van der Waals surface area contributed by atoms with Crippen LogP contribution in [0.15, 0.2) is 47.6 Å². The number of rotatable bonds is 6. The fourth-order valence-corrected chi connectivity index (χ4v) is 2.20. The van der Waals surface area contributed by atoms with Crippen molar-refractivity contribution in [1.29, 1.82) is 0 Å². The Kier molecular flexibility index (Phi) is 6.21. The Morgan fingerprint density at radius 1 is 1.19 bits per heavy atom. The van der Waals surface area contributed by atoms with E-state index in [-0.39, 0.29) is 29.3 Å². The third kappa shape index (κ3) is 5.92. The number of carbonyl (C=O) groups excluding carboxylic acids is 2. The zero-order valence-electron chi connectivity index (χ0n) is 14.9. The van der Waals surface area contributed by atoms with Gasteiger partial charge in [-0.05, 0) is 32.0 Å². The highest BCUT2D eigenvalue weighted by Gasteiger charge is 2.13. The molecule has 0 aliphatic carbocycles. The van der Waals surface area contributed by atoms with E-state index in [1.54, 1.807) is 19.1 Å². The highest BCUT2D eigenvalue weighted by atomic mass is 16.6. The van der Waals surface area contributed by atoms with Crippen LogP contribution in [0.25, 0.3) is 0 Å². The van der Waals surface area contributed by atoms with Crippen LogP contribution in [0.4, 0.5) is 17.1 Å². The molecule has 0 saturated heterocycles. The van der Waals surface area contributed by atoms with Crippen molar-refractivity contribution >= 4 is 34.6 Å². The molecule has 0 atom stereocenters. The van der Waals surface area contributed by atoms with Crippen LogP contribution in [-0.4, -0.2) is 22.4 Å². The second-order valence-corrected chi connectivity index (χ2v) is 5.95. The summed E-state index contributed by atoms with van der Waals surface area (Å²) in [4.78, 5) is 34.3. The van der Waals surface area contributed by atoms with Crippen LogP contribution in [0, 0.1) is 17.0 Å². The molecule has 2 amide bonds. The van der Waals surface area contributed by atoms with E-state index in [0.717, 1.165) is 17.7 Å². The summed E-state index contributed by atoms with van der Waals surface area (Å²) in [5.41, 5.74) is 9.73. The van der Waals surface area contributed by atoms with Gasteiger partial charge < -0.3 is 11.1 Å². The molecule has 0 bridgehead atoms. The first-order valence-electron chi connectivity index (χ1n) is 7.99. The molecule has 2 aromatic rings. The Hall–Kier alpha value is -3.75. The average molecular weight is 369 g/mol. The van der Waals surface area contributed by atoms with E-state index < -0.39 is 10.8 Å². The number of nitrogens with two attached hydrogens (primary N) is 1. The number of anilines is 2. The zero-order chi connectivity index (χ0) is 20.0. The number of nitrogens with zero attached hydrogens (tertiary/aromatic N) is 2. The van der Waals surface area contributed by atoms with Gasteiger partial charge in [-0.1, -0.05) is 17.7 Å². The molecular formula is C18H19N5O4. The molecule has 9 heteroatoms. The maximum atomic E-state index is 12.1. The number of hydrogen-bond donors (Lipinski definition) is 3. The van der Waals surface area contributed by atoms with Crippen molar-refractivity contribution in [2.75, 3.05) is 11.1 Å². The molecule has 0 radical (unpaired) electrons. The van der Waals surface area contributed by atoms with Crippen LogP contribution >= 0.6 is 0 Å². The molecule has 9 nitrogen and oxygen atoms in total. The number of non-ortho nitro benzene ring substituents is 1. The summed E-state index contributed by atoms with van der Waals surface area (Å²) < 4.78 is 0. The minimum Gasteiger partial charge on any atom is -0.399 e. The van der Waals surface area contributed by atoms with Crippen LogP contribution in [0.5, 0.6) is 0 Å². The van der Waals surface area contributed by atoms with E-state index in [4.69, 9.17) is 5.73 Å². The fourth-order valence-electron chi connectivity index (χ4n) is 2.20. The lowest BCUT2D eigenvalue weighted by atomic mass is 10.1. The second kappa shape index (κ2) is 8.56. The standard InChI is InChI=1S/C18H19N5O4/c1-11-3-5-15(6-4-11)20-17(24)7-12(2)21-22-18(25)13-8-14(19)10-16(9-13)23(26)27/h3-6,8-10H,7,19H2,1-2H3,(H,20,24)(H,22,25)/b21-12+. The van der Waals surface area contributed by atoms with Crippen LogP contribution < -0.4 is 16.5 Å². The van der Waals surface area contributed by atoms with Gasteiger partial charge in [0, 0.05) is 29.2 Å². The Morgan fingerprint density at radius 2 is 1.85 bits per heavy atom. The van der Waals surface area contributed by atoms with Crippen molar-refractivity contribution in [3.8, 4) is 0 Å². The molecule has 2 rings (SSSR count). The Balaban J connectivity index is 1.96. The molecule has 0 aliphatic rings. The van der Waals surface area contributed by atoms with Crippen LogP contribution in [-0.2, 0) is 4.79 Å². The van der Waals surface area contributed by atoms with E-state index in [0.29, 0.717) is 11.4 Å². The molecule has 2 aromatic carbocycles. The number of aryl methyl sites for hydroxylation is 1. The third-order valence-corrected chi connectivity index (χ3v) is 3.51. The lowest BCUT2D eigenvalue weighted by Crippen LogP contribution is -2.21. The summed E-state index contributed by atoms with van der Waals surface area (Å²) in [5, 5.41) is 17.4. The van der Waals surface area contributed by atoms with Gasteiger partial charge in [-0.3, -0.25) is 19.7 Å². The SMILES string of the molecule is C/C(CC(=O)Nc1ccc(C)cc1)=N\NC(=O)c1cc(N)cc([N+](=O)[O-])c1. The first-order chi connectivity index (χ1) is 12.7. The summed E-state index contributed by atoms with van der Waals surface area (Å²) in [6.45, 7) is 3.52. The molecule has 0 aliphatic heterocycles.